The van der Waals surface area contributed by atoms with E-state index in [1.165, 1.54) is 6.08 Å². The summed E-state index contributed by atoms with van der Waals surface area (Å²) < 4.78 is 31.4. The van der Waals surface area contributed by atoms with Crippen molar-refractivity contribution in [2.24, 2.45) is 0 Å². The van der Waals surface area contributed by atoms with Crippen molar-refractivity contribution in [3.8, 4) is 0 Å². The van der Waals surface area contributed by atoms with Crippen molar-refractivity contribution >= 4 is 18.1 Å². The minimum absolute atomic E-state index is 0.0868. The van der Waals surface area contributed by atoms with Gasteiger partial charge in [-0.15, -0.1) is 0 Å². The van der Waals surface area contributed by atoms with Crippen molar-refractivity contribution in [1.82, 2.24) is 4.90 Å². The van der Waals surface area contributed by atoms with Crippen LogP contribution in [0.2, 0.25) is 0 Å². The summed E-state index contributed by atoms with van der Waals surface area (Å²) in [6.07, 6.45) is 1.06. The Hall–Kier alpha value is -3.02. The summed E-state index contributed by atoms with van der Waals surface area (Å²) in [6, 6.07) is 12.0. The first-order valence-corrected chi connectivity index (χ1v) is 7.24. The molecule has 122 valence electrons. The third kappa shape index (κ3) is 3.48. The fourth-order valence-corrected chi connectivity index (χ4v) is 2.41. The first kappa shape index (κ1) is 15.9. The number of amides is 2. The fraction of sp³-hybridized carbons (Fsp3) is 0.111. The highest BCUT2D eigenvalue weighted by Gasteiger charge is 2.35. The molecule has 0 spiro atoms. The van der Waals surface area contributed by atoms with Gasteiger partial charge in [0.05, 0.1) is 6.54 Å². The van der Waals surface area contributed by atoms with Crippen molar-refractivity contribution in [3.05, 3.63) is 77.4 Å². The Balaban J connectivity index is 1.71. The lowest BCUT2D eigenvalue weighted by molar-refractivity contribution is -0.122. The van der Waals surface area contributed by atoms with Gasteiger partial charge in [-0.3, -0.25) is 4.79 Å². The third-order valence-corrected chi connectivity index (χ3v) is 3.55. The van der Waals surface area contributed by atoms with Gasteiger partial charge in [0.2, 0.25) is 0 Å². The van der Waals surface area contributed by atoms with Gasteiger partial charge in [0.25, 0.3) is 5.91 Å². The maximum Gasteiger partial charge on any atom is 0.417 e. The molecule has 0 aliphatic carbocycles. The van der Waals surface area contributed by atoms with Gasteiger partial charge in [-0.2, -0.15) is 0 Å². The van der Waals surface area contributed by atoms with Gasteiger partial charge < -0.3 is 4.74 Å². The largest absolute Gasteiger partial charge is 0.439 e. The zero-order valence-electron chi connectivity index (χ0n) is 12.5. The van der Waals surface area contributed by atoms with Crippen molar-refractivity contribution in [2.75, 3.05) is 6.54 Å². The molecule has 0 bridgehead atoms. The van der Waals surface area contributed by atoms with Crippen LogP contribution in [0.5, 0.6) is 0 Å². The molecule has 1 heterocycles. The number of cyclic esters (lactones) is 1. The molecule has 1 aliphatic rings. The summed E-state index contributed by atoms with van der Waals surface area (Å²) in [5.74, 6) is -2.10. The number of nitrogens with zero attached hydrogens (tertiary/aromatic N) is 1. The number of carbonyl (C=O) groups excluding carboxylic acids is 2. The molecule has 2 aromatic carbocycles. The molecular weight excluding hydrogens is 316 g/mol. The minimum atomic E-state index is -0.746. The highest BCUT2D eigenvalue weighted by molar-refractivity contribution is 6.01. The second-order valence-electron chi connectivity index (χ2n) is 5.27. The van der Waals surface area contributed by atoms with Crippen LogP contribution >= 0.6 is 0 Å². The maximum atomic E-state index is 13.1. The van der Waals surface area contributed by atoms with E-state index < -0.39 is 29.7 Å². The van der Waals surface area contributed by atoms with E-state index in [2.05, 4.69) is 0 Å². The van der Waals surface area contributed by atoms with Crippen molar-refractivity contribution in [3.63, 3.8) is 0 Å². The zero-order valence-corrected chi connectivity index (χ0v) is 12.5. The Morgan fingerprint density at radius 3 is 2.46 bits per heavy atom. The molecule has 2 aromatic rings. The average Bonchev–Trinajstić information content (AvgIpc) is 2.94. The Bertz CT molecular complexity index is 785. The van der Waals surface area contributed by atoms with Crippen LogP contribution in [0, 0.1) is 11.6 Å². The second kappa shape index (κ2) is 6.62. The summed E-state index contributed by atoms with van der Waals surface area (Å²) in [7, 11) is 0. The molecule has 2 amide bonds. The molecule has 1 unspecified atom stereocenters. The van der Waals surface area contributed by atoms with Gasteiger partial charge in [-0.25, -0.2) is 18.5 Å². The number of benzene rings is 2. The molecule has 24 heavy (non-hydrogen) atoms. The summed E-state index contributed by atoms with van der Waals surface area (Å²) in [4.78, 5) is 24.9. The summed E-state index contributed by atoms with van der Waals surface area (Å²) >= 11 is 0. The molecule has 1 atom stereocenters. The number of imide groups is 1. The highest BCUT2D eigenvalue weighted by Crippen LogP contribution is 2.26. The van der Waals surface area contributed by atoms with Crippen LogP contribution in [0.4, 0.5) is 13.6 Å². The van der Waals surface area contributed by atoms with Gasteiger partial charge in [-0.1, -0.05) is 30.3 Å². The SMILES string of the molecule is O=C(C=Cc1cc(F)cc(F)c1)N1CC(c2ccccc2)OC1=O. The lowest BCUT2D eigenvalue weighted by Crippen LogP contribution is -2.30. The Labute approximate surface area is 137 Å². The van der Waals surface area contributed by atoms with E-state index in [0.29, 0.717) is 0 Å². The van der Waals surface area contributed by atoms with E-state index in [4.69, 9.17) is 4.74 Å². The van der Waals surface area contributed by atoms with Crippen LogP contribution in [0.25, 0.3) is 6.08 Å². The van der Waals surface area contributed by atoms with Crippen LogP contribution in [-0.4, -0.2) is 23.4 Å². The second-order valence-corrected chi connectivity index (χ2v) is 5.27. The lowest BCUT2D eigenvalue weighted by Gasteiger charge is -2.08. The molecular formula is C18H13F2NO3. The molecule has 0 saturated carbocycles. The normalized spacial score (nSPS) is 17.3. The predicted octanol–water partition coefficient (Wildman–Crippen LogP) is 3.70. The zero-order chi connectivity index (χ0) is 17.1. The number of hydrogen-bond donors (Lipinski definition) is 0. The van der Waals surface area contributed by atoms with Gasteiger partial charge in [0.15, 0.2) is 0 Å². The van der Waals surface area contributed by atoms with E-state index in [0.717, 1.165) is 34.7 Å². The molecule has 0 radical (unpaired) electrons. The number of halogens is 2. The predicted molar refractivity (Wildman–Crippen MR) is 82.8 cm³/mol. The van der Waals surface area contributed by atoms with Crippen molar-refractivity contribution < 1.29 is 23.1 Å². The van der Waals surface area contributed by atoms with E-state index in [9.17, 15) is 18.4 Å². The van der Waals surface area contributed by atoms with Crippen LogP contribution < -0.4 is 0 Å². The number of hydrogen-bond acceptors (Lipinski definition) is 3. The third-order valence-electron chi connectivity index (χ3n) is 3.55. The van der Waals surface area contributed by atoms with Crippen LogP contribution in [-0.2, 0) is 9.53 Å². The van der Waals surface area contributed by atoms with Crippen molar-refractivity contribution in [2.45, 2.75) is 6.10 Å². The summed E-state index contributed by atoms with van der Waals surface area (Å²) in [5.41, 5.74) is 0.977. The van der Waals surface area contributed by atoms with Crippen molar-refractivity contribution in [1.29, 1.82) is 0 Å². The van der Waals surface area contributed by atoms with Crippen LogP contribution in [0.3, 0.4) is 0 Å². The molecule has 1 saturated heterocycles. The minimum Gasteiger partial charge on any atom is -0.439 e. The Morgan fingerprint density at radius 1 is 1.12 bits per heavy atom. The standard InChI is InChI=1S/C18H13F2NO3/c19-14-8-12(9-15(20)10-14)6-7-17(22)21-11-16(24-18(21)23)13-4-2-1-3-5-13/h1-10,16H,11H2. The van der Waals surface area contributed by atoms with Gasteiger partial charge >= 0.3 is 6.09 Å². The quantitative estimate of drug-likeness (QED) is 0.807. The van der Waals surface area contributed by atoms with Crippen LogP contribution in [0.15, 0.2) is 54.6 Å². The lowest BCUT2D eigenvalue weighted by atomic mass is 10.1. The molecule has 3 rings (SSSR count). The smallest absolute Gasteiger partial charge is 0.417 e. The van der Waals surface area contributed by atoms with E-state index in [1.807, 2.05) is 18.2 Å². The molecule has 1 fully saturated rings. The topological polar surface area (TPSA) is 46.6 Å². The first-order valence-electron chi connectivity index (χ1n) is 7.24. The summed E-state index contributed by atoms with van der Waals surface area (Å²) in [6.45, 7) is 0.0868. The maximum absolute atomic E-state index is 13.1. The highest BCUT2D eigenvalue weighted by atomic mass is 19.1. The van der Waals surface area contributed by atoms with Gasteiger partial charge in [0, 0.05) is 12.1 Å². The first-order chi connectivity index (χ1) is 11.5. The molecule has 0 aromatic heterocycles. The number of rotatable bonds is 3. The monoisotopic (exact) mass is 329 g/mol. The molecule has 0 N–H and O–H groups in total. The van der Waals surface area contributed by atoms with Gasteiger partial charge in [0.1, 0.15) is 17.7 Å². The fourth-order valence-electron chi connectivity index (χ4n) is 2.41. The number of ether oxygens (including phenoxy) is 1. The Morgan fingerprint density at radius 2 is 1.79 bits per heavy atom. The molecule has 6 heteroatoms. The molecule has 4 nitrogen and oxygen atoms in total. The van der Waals surface area contributed by atoms with E-state index in [1.54, 1.807) is 12.1 Å². The Kier molecular flexibility index (Phi) is 4.37. The average molecular weight is 329 g/mol. The van der Waals surface area contributed by atoms with Gasteiger partial charge in [-0.05, 0) is 29.3 Å². The van der Waals surface area contributed by atoms with Crippen LogP contribution in [0.1, 0.15) is 17.2 Å². The molecule has 1 aliphatic heterocycles. The number of carbonyl (C=O) groups is 2. The van der Waals surface area contributed by atoms with E-state index in [-0.39, 0.29) is 12.1 Å². The van der Waals surface area contributed by atoms with E-state index >= 15 is 0 Å². The summed E-state index contributed by atoms with van der Waals surface area (Å²) in [5, 5.41) is 0.